The molecule has 0 unspecified atom stereocenters. The molecule has 0 amide bonds. The van der Waals surface area contributed by atoms with Gasteiger partial charge >= 0.3 is 0 Å². The normalized spacial score (nSPS) is 11.4. The highest BCUT2D eigenvalue weighted by Gasteiger charge is 2.09. The summed E-state index contributed by atoms with van der Waals surface area (Å²) in [7, 11) is 0. The van der Waals surface area contributed by atoms with Gasteiger partial charge in [-0.15, -0.1) is 24.0 Å². The first-order valence-corrected chi connectivity index (χ1v) is 8.49. The molecule has 0 fully saturated rings. The number of thiophene rings is 1. The van der Waals surface area contributed by atoms with E-state index in [0.717, 1.165) is 18.3 Å². The van der Waals surface area contributed by atoms with Gasteiger partial charge in [0.2, 0.25) is 5.89 Å². The molecule has 6 nitrogen and oxygen atoms in total. The van der Waals surface area contributed by atoms with E-state index in [1.807, 2.05) is 13.8 Å². The first-order valence-electron chi connectivity index (χ1n) is 7.54. The lowest BCUT2D eigenvalue weighted by Crippen LogP contribution is -2.38. The van der Waals surface area contributed by atoms with Crippen molar-refractivity contribution in [3.63, 3.8) is 0 Å². The van der Waals surface area contributed by atoms with E-state index >= 15 is 0 Å². The van der Waals surface area contributed by atoms with Crippen LogP contribution in [0.3, 0.4) is 0 Å². The second-order valence-corrected chi connectivity index (χ2v) is 5.98. The van der Waals surface area contributed by atoms with Crippen molar-refractivity contribution in [2.45, 2.75) is 39.7 Å². The summed E-state index contributed by atoms with van der Waals surface area (Å²) in [6.07, 6.45) is 0.683. The van der Waals surface area contributed by atoms with Crippen LogP contribution in [-0.4, -0.2) is 29.2 Å². The highest BCUT2D eigenvalue weighted by molar-refractivity contribution is 14.0. The van der Waals surface area contributed by atoms with Crippen molar-refractivity contribution in [2.75, 3.05) is 13.1 Å². The van der Waals surface area contributed by atoms with Gasteiger partial charge in [0.25, 0.3) is 0 Å². The zero-order valence-corrected chi connectivity index (χ0v) is 16.9. The Morgan fingerprint density at radius 2 is 2.22 bits per heavy atom. The Morgan fingerprint density at radius 3 is 2.83 bits per heavy atom. The monoisotopic (exact) mass is 449 g/mol. The molecule has 0 bridgehead atoms. The summed E-state index contributed by atoms with van der Waals surface area (Å²) in [6.45, 7) is 8.36. The molecule has 0 radical (unpaired) electrons. The zero-order valence-electron chi connectivity index (χ0n) is 13.7. The number of nitrogens with one attached hydrogen (secondary N) is 2. The fourth-order valence-corrected chi connectivity index (χ4v) is 2.45. The number of nitrogens with zero attached hydrogens (tertiary/aromatic N) is 3. The van der Waals surface area contributed by atoms with Crippen LogP contribution in [0, 0.1) is 0 Å². The molecule has 2 rings (SSSR count). The van der Waals surface area contributed by atoms with Crippen LogP contribution in [0.15, 0.2) is 26.3 Å². The van der Waals surface area contributed by atoms with Crippen LogP contribution in [-0.2, 0) is 13.0 Å². The van der Waals surface area contributed by atoms with E-state index in [1.54, 1.807) is 11.3 Å². The Labute approximate surface area is 158 Å². The molecule has 0 atom stereocenters. The van der Waals surface area contributed by atoms with E-state index in [9.17, 15) is 0 Å². The highest BCUT2D eigenvalue weighted by Crippen LogP contribution is 2.09. The molecule has 0 aliphatic heterocycles. The Bertz CT molecular complexity index is 582. The third-order valence-corrected chi connectivity index (χ3v) is 3.71. The summed E-state index contributed by atoms with van der Waals surface area (Å²) < 4.78 is 5.23. The first-order chi connectivity index (χ1) is 10.7. The van der Waals surface area contributed by atoms with Crippen LogP contribution in [0.5, 0.6) is 0 Å². The molecule has 0 saturated heterocycles. The number of aliphatic imine (C=N–C) groups is 1. The van der Waals surface area contributed by atoms with Gasteiger partial charge in [0.05, 0.1) is 6.54 Å². The number of guanidine groups is 1. The minimum atomic E-state index is 0. The molecule has 128 valence electrons. The fraction of sp³-hybridized carbons (Fsp3) is 0.533. The molecule has 0 aromatic carbocycles. The van der Waals surface area contributed by atoms with Crippen LogP contribution in [0.25, 0.3) is 0 Å². The van der Waals surface area contributed by atoms with Crippen molar-refractivity contribution < 1.29 is 4.52 Å². The SMILES string of the molecule is CCNC(=NCc1ccsc1)NCCc1nc(C(C)C)no1.I. The second kappa shape index (κ2) is 10.6. The van der Waals surface area contributed by atoms with E-state index in [4.69, 9.17) is 4.52 Å². The van der Waals surface area contributed by atoms with E-state index in [1.165, 1.54) is 5.56 Å². The van der Waals surface area contributed by atoms with Gasteiger partial charge in [-0.05, 0) is 29.3 Å². The predicted octanol–water partition coefficient (Wildman–Crippen LogP) is 3.17. The molecular weight excluding hydrogens is 425 g/mol. The van der Waals surface area contributed by atoms with Crippen molar-refractivity contribution in [3.8, 4) is 0 Å². The number of hydrogen-bond acceptors (Lipinski definition) is 5. The standard InChI is InChI=1S/C15H23N5OS.HI/c1-4-16-15(18-9-12-6-8-22-10-12)17-7-5-13-19-14(11(2)3)20-21-13;/h6,8,10-11H,4-5,7,9H2,1-3H3,(H2,16,17,18);1H. The molecule has 0 aliphatic rings. The summed E-state index contributed by atoms with van der Waals surface area (Å²) in [5.41, 5.74) is 1.22. The average Bonchev–Trinajstić information content (AvgIpc) is 3.16. The van der Waals surface area contributed by atoms with Gasteiger partial charge in [-0.25, -0.2) is 4.99 Å². The predicted molar refractivity (Wildman–Crippen MR) is 105 cm³/mol. The summed E-state index contributed by atoms with van der Waals surface area (Å²) in [6, 6.07) is 2.09. The number of hydrogen-bond donors (Lipinski definition) is 2. The molecule has 2 N–H and O–H groups in total. The van der Waals surface area contributed by atoms with E-state index in [2.05, 4.69) is 49.5 Å². The third-order valence-electron chi connectivity index (χ3n) is 2.98. The molecule has 23 heavy (non-hydrogen) atoms. The molecule has 0 saturated carbocycles. The van der Waals surface area contributed by atoms with E-state index in [-0.39, 0.29) is 29.9 Å². The smallest absolute Gasteiger partial charge is 0.228 e. The summed E-state index contributed by atoms with van der Waals surface area (Å²) in [5.74, 6) is 2.50. The number of rotatable bonds is 7. The minimum absolute atomic E-state index is 0. The topological polar surface area (TPSA) is 75.3 Å². The molecule has 0 aliphatic carbocycles. The highest BCUT2D eigenvalue weighted by atomic mass is 127. The Kier molecular flexibility index (Phi) is 9.15. The lowest BCUT2D eigenvalue weighted by molar-refractivity contribution is 0.371. The Hall–Kier alpha value is -1.16. The quantitative estimate of drug-likeness (QED) is 0.386. The first kappa shape index (κ1) is 19.9. The van der Waals surface area contributed by atoms with Gasteiger partial charge in [0.15, 0.2) is 11.8 Å². The molecule has 8 heteroatoms. The molecule has 2 aromatic rings. The van der Waals surface area contributed by atoms with Gasteiger partial charge in [-0.3, -0.25) is 0 Å². The average molecular weight is 449 g/mol. The van der Waals surface area contributed by atoms with Gasteiger partial charge in [0, 0.05) is 25.4 Å². The van der Waals surface area contributed by atoms with E-state index in [0.29, 0.717) is 25.4 Å². The second-order valence-electron chi connectivity index (χ2n) is 5.20. The zero-order chi connectivity index (χ0) is 15.8. The largest absolute Gasteiger partial charge is 0.357 e. The maximum absolute atomic E-state index is 5.23. The van der Waals surface area contributed by atoms with Gasteiger partial charge < -0.3 is 15.2 Å². The van der Waals surface area contributed by atoms with Crippen molar-refractivity contribution in [1.82, 2.24) is 20.8 Å². The fourth-order valence-electron chi connectivity index (χ4n) is 1.79. The van der Waals surface area contributed by atoms with Gasteiger partial charge in [-0.1, -0.05) is 19.0 Å². The Balaban J connectivity index is 0.00000264. The van der Waals surface area contributed by atoms with Crippen LogP contribution in [0.4, 0.5) is 0 Å². The summed E-state index contributed by atoms with van der Waals surface area (Å²) >= 11 is 1.69. The molecular formula is C15H24IN5OS. The summed E-state index contributed by atoms with van der Waals surface area (Å²) in [5, 5.41) is 14.6. The van der Waals surface area contributed by atoms with Crippen molar-refractivity contribution in [3.05, 3.63) is 34.1 Å². The van der Waals surface area contributed by atoms with Crippen molar-refractivity contribution in [2.24, 2.45) is 4.99 Å². The molecule has 2 heterocycles. The van der Waals surface area contributed by atoms with Crippen LogP contribution >= 0.6 is 35.3 Å². The van der Waals surface area contributed by atoms with Gasteiger partial charge in [-0.2, -0.15) is 16.3 Å². The maximum Gasteiger partial charge on any atom is 0.228 e. The van der Waals surface area contributed by atoms with E-state index < -0.39 is 0 Å². The van der Waals surface area contributed by atoms with Crippen LogP contribution < -0.4 is 10.6 Å². The molecule has 2 aromatic heterocycles. The summed E-state index contributed by atoms with van der Waals surface area (Å²) in [4.78, 5) is 8.92. The Morgan fingerprint density at radius 1 is 1.39 bits per heavy atom. The number of halogens is 1. The van der Waals surface area contributed by atoms with Gasteiger partial charge in [0.1, 0.15) is 0 Å². The minimum Gasteiger partial charge on any atom is -0.357 e. The maximum atomic E-state index is 5.23. The van der Waals surface area contributed by atoms with Crippen molar-refractivity contribution >= 4 is 41.3 Å². The third kappa shape index (κ3) is 6.86. The number of aromatic nitrogens is 2. The van der Waals surface area contributed by atoms with Crippen molar-refractivity contribution in [1.29, 1.82) is 0 Å². The van der Waals surface area contributed by atoms with Crippen LogP contribution in [0.1, 0.15) is 44.0 Å². The molecule has 0 spiro atoms. The lowest BCUT2D eigenvalue weighted by Gasteiger charge is -2.09. The lowest BCUT2D eigenvalue weighted by atomic mass is 10.2. The van der Waals surface area contributed by atoms with Crippen LogP contribution in [0.2, 0.25) is 0 Å².